The van der Waals surface area contributed by atoms with Gasteiger partial charge in [0.2, 0.25) is 0 Å². The molecule has 0 saturated carbocycles. The normalized spacial score (nSPS) is 22.7. The number of carbonyl (C=O) groups is 1. The molecule has 3 unspecified atom stereocenters. The lowest BCUT2D eigenvalue weighted by molar-refractivity contribution is -0.142. The average Bonchev–Trinajstić information content (AvgIpc) is 2.99. The first-order valence-electron chi connectivity index (χ1n) is 8.26. The number of carboxylic acids is 1. The van der Waals surface area contributed by atoms with Crippen molar-refractivity contribution < 1.29 is 14.6 Å². The van der Waals surface area contributed by atoms with Crippen LogP contribution in [0.25, 0.3) is 0 Å². The second kappa shape index (κ2) is 7.99. The third kappa shape index (κ3) is 4.21. The fourth-order valence-corrected chi connectivity index (χ4v) is 3.51. The highest BCUT2D eigenvalue weighted by atomic mass is 79.9. The minimum absolute atomic E-state index is 0.168. The van der Waals surface area contributed by atoms with Gasteiger partial charge in [-0.05, 0) is 30.7 Å². The van der Waals surface area contributed by atoms with E-state index in [-0.39, 0.29) is 12.1 Å². The van der Waals surface area contributed by atoms with E-state index in [1.807, 2.05) is 43.3 Å². The van der Waals surface area contributed by atoms with Crippen LogP contribution in [0, 0.1) is 5.92 Å². The molecule has 6 heteroatoms. The monoisotopic (exact) mass is 404 g/mol. The van der Waals surface area contributed by atoms with E-state index in [0.29, 0.717) is 12.4 Å². The SMILES string of the molecule is CC1NNC(c2cc(Br)ccc2OCCc2ccccc2)C1C(=O)O. The smallest absolute Gasteiger partial charge is 0.310 e. The Morgan fingerprint density at radius 2 is 1.96 bits per heavy atom. The number of rotatable bonds is 6. The quantitative estimate of drug-likeness (QED) is 0.688. The molecule has 1 aliphatic heterocycles. The van der Waals surface area contributed by atoms with Crippen LogP contribution in [0.1, 0.15) is 24.1 Å². The van der Waals surface area contributed by atoms with Crippen molar-refractivity contribution in [2.45, 2.75) is 25.4 Å². The number of nitrogens with one attached hydrogen (secondary N) is 2. The Morgan fingerprint density at radius 1 is 1.20 bits per heavy atom. The maximum atomic E-state index is 11.7. The number of hydrazine groups is 1. The summed E-state index contributed by atoms with van der Waals surface area (Å²) in [4.78, 5) is 11.7. The number of aliphatic carboxylic acids is 1. The number of carboxylic acid groups (broad SMARTS) is 1. The molecule has 1 heterocycles. The Labute approximate surface area is 155 Å². The van der Waals surface area contributed by atoms with Gasteiger partial charge in [0, 0.05) is 22.5 Å². The summed E-state index contributed by atoms with van der Waals surface area (Å²) < 4.78 is 6.88. The summed E-state index contributed by atoms with van der Waals surface area (Å²) in [6, 6.07) is 15.3. The van der Waals surface area contributed by atoms with E-state index in [4.69, 9.17) is 4.74 Å². The topological polar surface area (TPSA) is 70.6 Å². The molecular formula is C19H21BrN2O3. The Morgan fingerprint density at radius 3 is 2.68 bits per heavy atom. The molecule has 1 saturated heterocycles. The lowest BCUT2D eigenvalue weighted by Gasteiger charge is -2.20. The van der Waals surface area contributed by atoms with Gasteiger partial charge >= 0.3 is 5.97 Å². The van der Waals surface area contributed by atoms with Crippen molar-refractivity contribution in [3.05, 3.63) is 64.1 Å². The maximum absolute atomic E-state index is 11.7. The number of benzene rings is 2. The van der Waals surface area contributed by atoms with Crippen LogP contribution in [0.15, 0.2) is 53.0 Å². The van der Waals surface area contributed by atoms with Crippen LogP contribution in [0.4, 0.5) is 0 Å². The second-order valence-corrected chi connectivity index (χ2v) is 7.10. The summed E-state index contributed by atoms with van der Waals surface area (Å²) in [6.07, 6.45) is 0.797. The Balaban J connectivity index is 1.77. The van der Waals surface area contributed by atoms with E-state index >= 15 is 0 Å². The van der Waals surface area contributed by atoms with E-state index in [2.05, 4.69) is 38.9 Å². The van der Waals surface area contributed by atoms with Gasteiger partial charge in [0.1, 0.15) is 5.75 Å². The first-order valence-corrected chi connectivity index (χ1v) is 9.05. The number of halogens is 1. The molecule has 3 N–H and O–H groups in total. The van der Waals surface area contributed by atoms with E-state index < -0.39 is 11.9 Å². The largest absolute Gasteiger partial charge is 0.493 e. The molecule has 0 aromatic heterocycles. The molecule has 3 atom stereocenters. The highest BCUT2D eigenvalue weighted by molar-refractivity contribution is 9.10. The fourth-order valence-electron chi connectivity index (χ4n) is 3.13. The fraction of sp³-hybridized carbons (Fsp3) is 0.316. The molecule has 0 bridgehead atoms. The van der Waals surface area contributed by atoms with Crippen molar-refractivity contribution in [2.24, 2.45) is 5.92 Å². The minimum Gasteiger partial charge on any atom is -0.493 e. The molecule has 2 aromatic rings. The van der Waals surface area contributed by atoms with Gasteiger partial charge in [-0.3, -0.25) is 10.2 Å². The first-order chi connectivity index (χ1) is 12.1. The zero-order valence-electron chi connectivity index (χ0n) is 13.9. The van der Waals surface area contributed by atoms with Crippen LogP contribution in [-0.4, -0.2) is 23.7 Å². The Hall–Kier alpha value is -1.89. The van der Waals surface area contributed by atoms with Crippen LogP contribution in [0.2, 0.25) is 0 Å². The minimum atomic E-state index is -0.829. The number of hydrogen-bond donors (Lipinski definition) is 3. The summed E-state index contributed by atoms with van der Waals surface area (Å²) in [7, 11) is 0. The predicted molar refractivity (Wildman–Crippen MR) is 99.4 cm³/mol. The molecule has 2 aromatic carbocycles. The second-order valence-electron chi connectivity index (χ2n) is 6.19. The third-order valence-corrected chi connectivity index (χ3v) is 4.94. The molecule has 0 aliphatic carbocycles. The zero-order valence-corrected chi connectivity index (χ0v) is 15.5. The van der Waals surface area contributed by atoms with E-state index in [1.54, 1.807) is 0 Å². The molecule has 3 rings (SSSR count). The molecule has 25 heavy (non-hydrogen) atoms. The van der Waals surface area contributed by atoms with Gasteiger partial charge in [-0.1, -0.05) is 46.3 Å². The van der Waals surface area contributed by atoms with E-state index in [0.717, 1.165) is 16.5 Å². The van der Waals surface area contributed by atoms with Crippen LogP contribution in [0.5, 0.6) is 5.75 Å². The molecule has 0 amide bonds. The molecular weight excluding hydrogens is 384 g/mol. The highest BCUT2D eigenvalue weighted by Crippen LogP contribution is 2.36. The van der Waals surface area contributed by atoms with Crippen molar-refractivity contribution in [1.29, 1.82) is 0 Å². The van der Waals surface area contributed by atoms with Crippen LogP contribution >= 0.6 is 15.9 Å². The van der Waals surface area contributed by atoms with Crippen molar-refractivity contribution in [2.75, 3.05) is 6.61 Å². The van der Waals surface area contributed by atoms with Crippen LogP contribution in [-0.2, 0) is 11.2 Å². The summed E-state index contributed by atoms with van der Waals surface area (Å²) >= 11 is 3.47. The zero-order chi connectivity index (χ0) is 17.8. The molecule has 0 radical (unpaired) electrons. The van der Waals surface area contributed by atoms with Gasteiger partial charge in [0.25, 0.3) is 0 Å². The first kappa shape index (κ1) is 17.9. The van der Waals surface area contributed by atoms with Crippen molar-refractivity contribution in [3.63, 3.8) is 0 Å². The Kier molecular flexibility index (Phi) is 5.73. The van der Waals surface area contributed by atoms with E-state index in [9.17, 15) is 9.90 Å². The van der Waals surface area contributed by atoms with Crippen molar-refractivity contribution >= 4 is 21.9 Å². The summed E-state index contributed by atoms with van der Waals surface area (Å²) in [5.41, 5.74) is 8.17. The summed E-state index contributed by atoms with van der Waals surface area (Å²) in [5.74, 6) is -0.685. The lowest BCUT2D eigenvalue weighted by atomic mass is 9.90. The maximum Gasteiger partial charge on any atom is 0.310 e. The van der Waals surface area contributed by atoms with Gasteiger partial charge < -0.3 is 9.84 Å². The standard InChI is InChI=1S/C19H21BrN2O3/c1-12-17(19(23)24)18(22-21-12)15-11-14(20)7-8-16(15)25-10-9-13-5-3-2-4-6-13/h2-8,11-12,17-18,21-22H,9-10H2,1H3,(H,23,24). The average molecular weight is 405 g/mol. The van der Waals surface area contributed by atoms with Gasteiger partial charge in [-0.2, -0.15) is 0 Å². The number of ether oxygens (including phenoxy) is 1. The molecule has 1 aliphatic rings. The van der Waals surface area contributed by atoms with Crippen molar-refractivity contribution in [1.82, 2.24) is 10.9 Å². The predicted octanol–water partition coefficient (Wildman–Crippen LogP) is 3.31. The highest BCUT2D eigenvalue weighted by Gasteiger charge is 2.40. The number of hydrogen-bond acceptors (Lipinski definition) is 4. The molecule has 1 fully saturated rings. The van der Waals surface area contributed by atoms with Gasteiger partial charge in [-0.25, -0.2) is 5.43 Å². The van der Waals surface area contributed by atoms with Crippen LogP contribution < -0.4 is 15.6 Å². The van der Waals surface area contributed by atoms with Crippen LogP contribution in [0.3, 0.4) is 0 Å². The van der Waals surface area contributed by atoms with Gasteiger partial charge in [-0.15, -0.1) is 0 Å². The molecule has 0 spiro atoms. The molecule has 5 nitrogen and oxygen atoms in total. The third-order valence-electron chi connectivity index (χ3n) is 4.45. The molecule has 132 valence electrons. The lowest BCUT2D eigenvalue weighted by Crippen LogP contribution is -2.30. The summed E-state index contributed by atoms with van der Waals surface area (Å²) in [6.45, 7) is 2.39. The summed E-state index contributed by atoms with van der Waals surface area (Å²) in [5, 5.41) is 9.57. The van der Waals surface area contributed by atoms with Gasteiger partial charge in [0.15, 0.2) is 0 Å². The van der Waals surface area contributed by atoms with Crippen molar-refractivity contribution in [3.8, 4) is 5.75 Å². The Bertz CT molecular complexity index is 739. The van der Waals surface area contributed by atoms with Gasteiger partial charge in [0.05, 0.1) is 18.6 Å². The van der Waals surface area contributed by atoms with E-state index in [1.165, 1.54) is 5.56 Å².